The molecule has 0 radical (unpaired) electrons. The topological polar surface area (TPSA) is 23.6 Å². The maximum Gasteiger partial charge on any atom is 0.223 e. The highest BCUT2D eigenvalue weighted by Gasteiger charge is 2.29. The Morgan fingerprint density at radius 3 is 2.57 bits per heavy atom. The molecule has 3 heteroatoms. The number of allylic oxidation sites excluding steroid dienone is 1. The van der Waals surface area contributed by atoms with Gasteiger partial charge in [-0.2, -0.15) is 0 Å². The number of aryl methyl sites for hydroxylation is 1. The van der Waals surface area contributed by atoms with E-state index in [1.165, 1.54) is 62.7 Å². The molecule has 1 aliphatic heterocycles. The van der Waals surface area contributed by atoms with Crippen molar-refractivity contribution < 1.29 is 4.79 Å². The number of carbonyl (C=O) groups is 1. The van der Waals surface area contributed by atoms with Gasteiger partial charge in [-0.1, -0.05) is 43.2 Å². The highest BCUT2D eigenvalue weighted by Crippen LogP contribution is 2.27. The van der Waals surface area contributed by atoms with Crippen LogP contribution >= 0.6 is 0 Å². The largest absolute Gasteiger partial charge is 0.339 e. The number of benzene rings is 1. The Hall–Kier alpha value is -1.61. The van der Waals surface area contributed by atoms with Crippen LogP contribution in [-0.2, 0) is 11.2 Å². The number of piperidine rings is 1. The third kappa shape index (κ3) is 5.94. The smallest absolute Gasteiger partial charge is 0.223 e. The lowest BCUT2D eigenvalue weighted by Gasteiger charge is -2.37. The van der Waals surface area contributed by atoms with E-state index >= 15 is 0 Å². The lowest BCUT2D eigenvalue weighted by molar-refractivity contribution is -0.134. The quantitative estimate of drug-likeness (QED) is 0.562. The van der Waals surface area contributed by atoms with E-state index in [0.29, 0.717) is 24.3 Å². The summed E-state index contributed by atoms with van der Waals surface area (Å²) in [6, 6.07) is 9.24. The molecule has 1 aromatic carbocycles. The number of likely N-dealkylation sites (tertiary alicyclic amines) is 1. The van der Waals surface area contributed by atoms with E-state index in [9.17, 15) is 4.79 Å². The van der Waals surface area contributed by atoms with Gasteiger partial charge < -0.3 is 9.80 Å². The summed E-state index contributed by atoms with van der Waals surface area (Å²) < 4.78 is 0. The fourth-order valence-corrected chi connectivity index (χ4v) is 4.88. The van der Waals surface area contributed by atoms with Crippen molar-refractivity contribution in [3.8, 4) is 0 Å². The molecular weight excluding hydrogens is 344 g/mol. The van der Waals surface area contributed by atoms with Crippen LogP contribution in [-0.4, -0.2) is 47.9 Å². The van der Waals surface area contributed by atoms with Gasteiger partial charge in [-0.05, 0) is 75.6 Å². The van der Waals surface area contributed by atoms with Crippen LogP contribution in [0.3, 0.4) is 0 Å². The molecule has 2 aliphatic rings. The molecule has 0 atom stereocenters. The summed E-state index contributed by atoms with van der Waals surface area (Å²) in [5, 5.41) is 0. The second-order valence-corrected chi connectivity index (χ2v) is 8.77. The van der Waals surface area contributed by atoms with Gasteiger partial charge >= 0.3 is 0 Å². The number of hydrogen-bond acceptors (Lipinski definition) is 2. The van der Waals surface area contributed by atoms with Crippen molar-refractivity contribution >= 4 is 5.91 Å². The third-order valence-corrected chi connectivity index (χ3v) is 6.77. The predicted octanol–water partition coefficient (Wildman–Crippen LogP) is 4.99. The van der Waals surface area contributed by atoms with Gasteiger partial charge in [0, 0.05) is 25.6 Å². The van der Waals surface area contributed by atoms with Crippen LogP contribution in [0.5, 0.6) is 0 Å². The minimum atomic E-state index is 0.355. The Morgan fingerprint density at radius 2 is 1.89 bits per heavy atom. The molecule has 3 rings (SSSR count). The van der Waals surface area contributed by atoms with Crippen molar-refractivity contribution in [2.24, 2.45) is 5.92 Å². The summed E-state index contributed by atoms with van der Waals surface area (Å²) in [6.07, 6.45) is 11.9. The molecular formula is C25H38N2O. The molecule has 1 amide bonds. The van der Waals surface area contributed by atoms with E-state index in [-0.39, 0.29) is 0 Å². The zero-order valence-corrected chi connectivity index (χ0v) is 17.7. The molecule has 1 aromatic rings. The number of nitrogens with zero attached hydrogens (tertiary/aromatic N) is 2. The van der Waals surface area contributed by atoms with E-state index in [1.54, 1.807) is 0 Å². The summed E-state index contributed by atoms with van der Waals surface area (Å²) in [4.78, 5) is 17.7. The maximum atomic E-state index is 12.8. The fourth-order valence-electron chi connectivity index (χ4n) is 4.88. The number of amides is 1. The van der Waals surface area contributed by atoms with Crippen molar-refractivity contribution in [3.63, 3.8) is 0 Å². The van der Waals surface area contributed by atoms with Crippen LogP contribution in [0, 0.1) is 12.8 Å². The van der Waals surface area contributed by atoms with E-state index in [1.807, 2.05) is 6.08 Å². The normalized spacial score (nSPS) is 19.0. The van der Waals surface area contributed by atoms with Crippen LogP contribution < -0.4 is 0 Å². The molecule has 0 N–H and O–H groups in total. The Bertz CT molecular complexity index is 627. The summed E-state index contributed by atoms with van der Waals surface area (Å²) in [7, 11) is 0. The van der Waals surface area contributed by atoms with Crippen LogP contribution in [0.2, 0.25) is 0 Å². The van der Waals surface area contributed by atoms with E-state index < -0.39 is 0 Å². The van der Waals surface area contributed by atoms with Crippen molar-refractivity contribution in [2.75, 3.05) is 26.2 Å². The number of carbonyl (C=O) groups excluding carboxylic acids is 1. The van der Waals surface area contributed by atoms with Gasteiger partial charge in [0.05, 0.1) is 0 Å². The average Bonchev–Trinajstić information content (AvgIpc) is 3.25. The molecule has 1 aliphatic carbocycles. The lowest BCUT2D eigenvalue weighted by atomic mass is 9.94. The molecule has 1 saturated carbocycles. The zero-order valence-electron chi connectivity index (χ0n) is 17.7. The van der Waals surface area contributed by atoms with E-state index in [2.05, 4.69) is 47.6 Å². The second kappa shape index (κ2) is 10.8. The minimum Gasteiger partial charge on any atom is -0.339 e. The first kappa shape index (κ1) is 21.1. The molecule has 0 spiro atoms. The summed E-state index contributed by atoms with van der Waals surface area (Å²) in [6.45, 7) is 10.5. The van der Waals surface area contributed by atoms with Gasteiger partial charge in [0.1, 0.15) is 0 Å². The molecule has 0 bridgehead atoms. The molecule has 2 fully saturated rings. The van der Waals surface area contributed by atoms with Crippen molar-refractivity contribution in [1.29, 1.82) is 0 Å². The van der Waals surface area contributed by atoms with Gasteiger partial charge in [-0.3, -0.25) is 4.79 Å². The zero-order chi connectivity index (χ0) is 19.8. The van der Waals surface area contributed by atoms with E-state index in [0.717, 1.165) is 25.9 Å². The monoisotopic (exact) mass is 382 g/mol. The number of hydrogen-bond donors (Lipinski definition) is 0. The van der Waals surface area contributed by atoms with Crippen molar-refractivity contribution in [2.45, 2.75) is 70.8 Å². The van der Waals surface area contributed by atoms with Crippen molar-refractivity contribution in [3.05, 3.63) is 48.0 Å². The SMILES string of the molecule is C=CCCC(=O)N(CC1CCN(CCc2ccccc2C)CC1)C1CCCC1. The van der Waals surface area contributed by atoms with Crippen LogP contribution in [0.15, 0.2) is 36.9 Å². The van der Waals surface area contributed by atoms with Gasteiger partial charge in [0.15, 0.2) is 0 Å². The maximum absolute atomic E-state index is 12.8. The van der Waals surface area contributed by atoms with Gasteiger partial charge in [0.25, 0.3) is 0 Å². The fraction of sp³-hybridized carbons (Fsp3) is 0.640. The van der Waals surface area contributed by atoms with Crippen LogP contribution in [0.1, 0.15) is 62.5 Å². The second-order valence-electron chi connectivity index (χ2n) is 8.77. The Kier molecular flexibility index (Phi) is 8.14. The molecule has 1 heterocycles. The minimum absolute atomic E-state index is 0.355. The third-order valence-electron chi connectivity index (χ3n) is 6.77. The average molecular weight is 383 g/mol. The molecule has 3 nitrogen and oxygen atoms in total. The Morgan fingerprint density at radius 1 is 1.18 bits per heavy atom. The van der Waals surface area contributed by atoms with Crippen LogP contribution in [0.25, 0.3) is 0 Å². The summed E-state index contributed by atoms with van der Waals surface area (Å²) in [5.74, 6) is 1.02. The standard InChI is InChI=1S/C25H38N2O/c1-3-4-13-25(28)27(24-11-7-8-12-24)20-22-14-17-26(18-15-22)19-16-23-10-6-5-9-21(23)2/h3,5-6,9-10,22,24H,1,4,7-8,11-20H2,2H3. The van der Waals surface area contributed by atoms with Crippen molar-refractivity contribution in [1.82, 2.24) is 9.80 Å². The summed E-state index contributed by atoms with van der Waals surface area (Å²) in [5.41, 5.74) is 2.88. The van der Waals surface area contributed by atoms with E-state index in [4.69, 9.17) is 0 Å². The highest BCUT2D eigenvalue weighted by molar-refractivity contribution is 5.76. The molecule has 0 unspecified atom stereocenters. The van der Waals surface area contributed by atoms with Crippen LogP contribution in [0.4, 0.5) is 0 Å². The molecule has 1 saturated heterocycles. The first-order chi connectivity index (χ1) is 13.7. The molecule has 28 heavy (non-hydrogen) atoms. The first-order valence-corrected chi connectivity index (χ1v) is 11.3. The van der Waals surface area contributed by atoms with Gasteiger partial charge in [-0.25, -0.2) is 0 Å². The Balaban J connectivity index is 1.46. The lowest BCUT2D eigenvalue weighted by Crippen LogP contribution is -2.45. The highest BCUT2D eigenvalue weighted by atomic mass is 16.2. The predicted molar refractivity (Wildman–Crippen MR) is 117 cm³/mol. The Labute approximate surface area is 171 Å². The molecule has 0 aromatic heterocycles. The first-order valence-electron chi connectivity index (χ1n) is 11.3. The summed E-state index contributed by atoms with van der Waals surface area (Å²) >= 11 is 0. The van der Waals surface area contributed by atoms with Gasteiger partial charge in [-0.15, -0.1) is 6.58 Å². The molecule has 154 valence electrons. The number of rotatable bonds is 9. The van der Waals surface area contributed by atoms with Gasteiger partial charge in [0.2, 0.25) is 5.91 Å².